The maximum absolute atomic E-state index is 9.26. The zero-order valence-electron chi connectivity index (χ0n) is 8.43. The molecule has 3 nitrogen and oxygen atoms in total. The van der Waals surface area contributed by atoms with Gasteiger partial charge in [-0.2, -0.15) is 0 Å². The number of halogens is 1. The molecule has 0 aliphatic heterocycles. The van der Waals surface area contributed by atoms with E-state index >= 15 is 0 Å². The van der Waals surface area contributed by atoms with E-state index in [4.69, 9.17) is 4.74 Å². The lowest BCUT2D eigenvalue weighted by Crippen LogP contribution is -1.95. The van der Waals surface area contributed by atoms with Crippen LogP contribution < -0.4 is 4.74 Å². The molecule has 0 aliphatic carbocycles. The third kappa shape index (κ3) is 2.97. The highest BCUT2D eigenvalue weighted by Gasteiger charge is 1.98. The largest absolute Gasteiger partial charge is 0.508 e. The summed E-state index contributed by atoms with van der Waals surface area (Å²) in [5.74, 6) is 0.848. The van der Waals surface area contributed by atoms with Crippen LogP contribution in [-0.4, -0.2) is 10.1 Å². The number of rotatable bonds is 3. The number of hydrogen-bond acceptors (Lipinski definition) is 3. The lowest BCUT2D eigenvalue weighted by atomic mass is 10.3. The number of benzene rings is 1. The summed E-state index contributed by atoms with van der Waals surface area (Å²) in [4.78, 5) is 4.03. The Hall–Kier alpha value is -1.55. The standard InChI is InChI=1S/C12H10BrNO2/c13-12-6-9(4-5-14-12)8-16-11-3-1-2-10(15)7-11/h1-7,15H,8H2. The lowest BCUT2D eigenvalue weighted by molar-refractivity contribution is 0.304. The third-order valence-corrected chi connectivity index (χ3v) is 2.45. The highest BCUT2D eigenvalue weighted by atomic mass is 79.9. The number of nitrogens with zero attached hydrogens (tertiary/aromatic N) is 1. The van der Waals surface area contributed by atoms with E-state index in [9.17, 15) is 5.11 Å². The Kier molecular flexibility index (Phi) is 3.41. The summed E-state index contributed by atoms with van der Waals surface area (Å²) in [5.41, 5.74) is 1.02. The number of ether oxygens (including phenoxy) is 1. The molecule has 16 heavy (non-hydrogen) atoms. The van der Waals surface area contributed by atoms with Crippen LogP contribution in [0.1, 0.15) is 5.56 Å². The number of phenolic OH excluding ortho intramolecular Hbond substituents is 1. The minimum Gasteiger partial charge on any atom is -0.508 e. The Bertz CT molecular complexity index is 442. The first kappa shape index (κ1) is 11.0. The second-order valence-electron chi connectivity index (χ2n) is 3.27. The molecule has 1 N–H and O–H groups in total. The highest BCUT2D eigenvalue weighted by Crippen LogP contribution is 2.19. The Balaban J connectivity index is 2.02. The predicted molar refractivity (Wildman–Crippen MR) is 64.4 cm³/mol. The number of aromatic hydroxyl groups is 1. The molecule has 0 atom stereocenters. The van der Waals surface area contributed by atoms with Gasteiger partial charge in [0, 0.05) is 12.3 Å². The number of aromatic nitrogens is 1. The van der Waals surface area contributed by atoms with Crippen molar-refractivity contribution in [3.63, 3.8) is 0 Å². The van der Waals surface area contributed by atoms with E-state index in [2.05, 4.69) is 20.9 Å². The quantitative estimate of drug-likeness (QED) is 0.878. The molecule has 0 saturated carbocycles. The van der Waals surface area contributed by atoms with E-state index in [0.717, 1.165) is 10.2 Å². The average Bonchev–Trinajstić information content (AvgIpc) is 2.27. The average molecular weight is 280 g/mol. The summed E-state index contributed by atoms with van der Waals surface area (Å²) in [6.07, 6.45) is 1.71. The summed E-state index contributed by atoms with van der Waals surface area (Å²) in [6, 6.07) is 10.5. The van der Waals surface area contributed by atoms with Crippen LogP contribution in [0.4, 0.5) is 0 Å². The van der Waals surface area contributed by atoms with E-state index in [0.29, 0.717) is 12.4 Å². The van der Waals surface area contributed by atoms with Crippen LogP contribution in [0, 0.1) is 0 Å². The van der Waals surface area contributed by atoms with E-state index in [-0.39, 0.29) is 5.75 Å². The van der Waals surface area contributed by atoms with Crippen molar-refractivity contribution < 1.29 is 9.84 Å². The number of hydrogen-bond donors (Lipinski definition) is 1. The molecular weight excluding hydrogens is 270 g/mol. The fourth-order valence-corrected chi connectivity index (χ4v) is 1.68. The third-order valence-electron chi connectivity index (χ3n) is 2.01. The molecule has 0 spiro atoms. The van der Waals surface area contributed by atoms with Gasteiger partial charge < -0.3 is 9.84 Å². The zero-order valence-corrected chi connectivity index (χ0v) is 10.0. The molecule has 4 heteroatoms. The molecule has 82 valence electrons. The molecule has 0 aliphatic rings. The van der Waals surface area contributed by atoms with Gasteiger partial charge in [0.05, 0.1) is 0 Å². The van der Waals surface area contributed by atoms with Crippen molar-refractivity contribution in [2.75, 3.05) is 0 Å². The number of pyridine rings is 1. The minimum atomic E-state index is 0.202. The van der Waals surface area contributed by atoms with Gasteiger partial charge in [-0.1, -0.05) is 6.07 Å². The lowest BCUT2D eigenvalue weighted by Gasteiger charge is -2.06. The van der Waals surface area contributed by atoms with Crippen LogP contribution >= 0.6 is 15.9 Å². The normalized spacial score (nSPS) is 10.1. The van der Waals surface area contributed by atoms with Crippen molar-refractivity contribution in [2.24, 2.45) is 0 Å². The first-order valence-electron chi connectivity index (χ1n) is 4.76. The predicted octanol–water partition coefficient (Wildman–Crippen LogP) is 3.13. The van der Waals surface area contributed by atoms with Crippen LogP contribution in [0.15, 0.2) is 47.2 Å². The molecule has 0 amide bonds. The minimum absolute atomic E-state index is 0.202. The fraction of sp³-hybridized carbons (Fsp3) is 0.0833. The summed E-state index contributed by atoms with van der Waals surface area (Å²) < 4.78 is 6.30. The highest BCUT2D eigenvalue weighted by molar-refractivity contribution is 9.10. The van der Waals surface area contributed by atoms with Gasteiger partial charge in [0.25, 0.3) is 0 Å². The molecule has 0 bridgehead atoms. The van der Waals surface area contributed by atoms with Gasteiger partial charge in [-0.25, -0.2) is 4.98 Å². The fourth-order valence-electron chi connectivity index (χ4n) is 1.27. The summed E-state index contributed by atoms with van der Waals surface area (Å²) in [6.45, 7) is 0.449. The van der Waals surface area contributed by atoms with Crippen LogP contribution in [-0.2, 0) is 6.61 Å². The van der Waals surface area contributed by atoms with E-state index in [1.807, 2.05) is 12.1 Å². The molecule has 0 radical (unpaired) electrons. The van der Waals surface area contributed by atoms with E-state index in [1.54, 1.807) is 30.5 Å². The molecule has 0 fully saturated rings. The van der Waals surface area contributed by atoms with Crippen LogP contribution in [0.3, 0.4) is 0 Å². The van der Waals surface area contributed by atoms with Crippen molar-refractivity contribution in [3.8, 4) is 11.5 Å². The van der Waals surface area contributed by atoms with Crippen molar-refractivity contribution in [1.82, 2.24) is 4.98 Å². The van der Waals surface area contributed by atoms with Gasteiger partial charge >= 0.3 is 0 Å². The van der Waals surface area contributed by atoms with Crippen molar-refractivity contribution in [2.45, 2.75) is 6.61 Å². The summed E-state index contributed by atoms with van der Waals surface area (Å²) in [5, 5.41) is 9.26. The Morgan fingerprint density at radius 2 is 2.12 bits per heavy atom. The molecular formula is C12H10BrNO2. The summed E-state index contributed by atoms with van der Waals surface area (Å²) in [7, 11) is 0. The van der Waals surface area contributed by atoms with Crippen molar-refractivity contribution in [1.29, 1.82) is 0 Å². The van der Waals surface area contributed by atoms with Gasteiger partial charge in [-0.15, -0.1) is 0 Å². The maximum atomic E-state index is 9.26. The first-order valence-corrected chi connectivity index (χ1v) is 5.55. The molecule has 1 heterocycles. The molecule has 2 aromatic rings. The Morgan fingerprint density at radius 3 is 2.88 bits per heavy atom. The van der Waals surface area contributed by atoms with Crippen LogP contribution in [0.5, 0.6) is 11.5 Å². The van der Waals surface area contributed by atoms with Crippen molar-refractivity contribution >= 4 is 15.9 Å². The zero-order chi connectivity index (χ0) is 11.4. The smallest absolute Gasteiger partial charge is 0.123 e. The van der Waals surface area contributed by atoms with Gasteiger partial charge in [-0.05, 0) is 45.8 Å². The molecule has 0 unspecified atom stereocenters. The second-order valence-corrected chi connectivity index (χ2v) is 4.09. The van der Waals surface area contributed by atoms with Gasteiger partial charge in [0.15, 0.2) is 0 Å². The van der Waals surface area contributed by atoms with Gasteiger partial charge in [-0.3, -0.25) is 0 Å². The SMILES string of the molecule is Oc1cccc(OCc2ccnc(Br)c2)c1. The summed E-state index contributed by atoms with van der Waals surface area (Å²) >= 11 is 3.29. The Labute approximate surface area is 102 Å². The molecule has 2 rings (SSSR count). The molecule has 0 saturated heterocycles. The maximum Gasteiger partial charge on any atom is 0.123 e. The molecule has 1 aromatic carbocycles. The van der Waals surface area contributed by atoms with Crippen LogP contribution in [0.2, 0.25) is 0 Å². The first-order chi connectivity index (χ1) is 7.74. The monoisotopic (exact) mass is 279 g/mol. The second kappa shape index (κ2) is 4.99. The van der Waals surface area contributed by atoms with Crippen molar-refractivity contribution in [3.05, 3.63) is 52.8 Å². The van der Waals surface area contributed by atoms with Gasteiger partial charge in [0.1, 0.15) is 22.7 Å². The molecule has 1 aromatic heterocycles. The van der Waals surface area contributed by atoms with E-state index in [1.165, 1.54) is 0 Å². The van der Waals surface area contributed by atoms with Gasteiger partial charge in [0.2, 0.25) is 0 Å². The number of phenols is 1. The Morgan fingerprint density at radius 1 is 1.25 bits per heavy atom. The van der Waals surface area contributed by atoms with E-state index < -0.39 is 0 Å². The topological polar surface area (TPSA) is 42.4 Å². The van der Waals surface area contributed by atoms with Crippen LogP contribution in [0.25, 0.3) is 0 Å².